The van der Waals surface area contributed by atoms with Gasteiger partial charge in [0.1, 0.15) is 18.3 Å². The van der Waals surface area contributed by atoms with Crippen molar-refractivity contribution in [3.8, 4) is 0 Å². The van der Waals surface area contributed by atoms with Gasteiger partial charge in [-0.1, -0.05) is 0 Å². The van der Waals surface area contributed by atoms with Crippen LogP contribution in [0.25, 0.3) is 0 Å². The van der Waals surface area contributed by atoms with Crippen LogP contribution in [0.4, 0.5) is 4.39 Å². The molecule has 80 valence electrons. The molecule has 5 atom stereocenters. The van der Waals surface area contributed by atoms with Crippen molar-refractivity contribution in [1.29, 1.82) is 0 Å². The molecule has 0 aliphatic carbocycles. The predicted octanol–water partition coefficient (Wildman–Crippen LogP) is 0.600. The minimum Gasteiger partial charge on any atom is -0.370 e. The van der Waals surface area contributed by atoms with Crippen molar-refractivity contribution in [2.24, 2.45) is 0 Å². The summed E-state index contributed by atoms with van der Waals surface area (Å²) in [4.78, 5) is 0. The molecule has 0 N–H and O–H groups in total. The summed E-state index contributed by atoms with van der Waals surface area (Å²) in [6, 6.07) is 0. The molecular weight excluding hydrogens is 191 g/mol. The number of hydrogen-bond acceptors (Lipinski definition) is 4. The molecule has 3 aliphatic heterocycles. The summed E-state index contributed by atoms with van der Waals surface area (Å²) in [5.74, 6) is -0.741. The Bertz CT molecular complexity index is 251. The number of epoxide rings is 1. The normalized spacial score (nSPS) is 54.6. The number of fused-ring (bicyclic) bond motifs is 1. The molecule has 3 saturated heterocycles. The minimum atomic E-state index is -1.14. The van der Waals surface area contributed by atoms with Crippen molar-refractivity contribution >= 4 is 0 Å². The van der Waals surface area contributed by atoms with Gasteiger partial charge in [0.25, 0.3) is 0 Å². The molecule has 0 unspecified atom stereocenters. The van der Waals surface area contributed by atoms with E-state index in [1.807, 2.05) is 0 Å². The van der Waals surface area contributed by atoms with Crippen LogP contribution in [0.1, 0.15) is 13.8 Å². The molecule has 0 aromatic carbocycles. The first-order chi connectivity index (χ1) is 6.57. The Kier molecular flexibility index (Phi) is 1.72. The van der Waals surface area contributed by atoms with Crippen LogP contribution in [0.15, 0.2) is 0 Å². The van der Waals surface area contributed by atoms with Crippen LogP contribution >= 0.6 is 0 Å². The summed E-state index contributed by atoms with van der Waals surface area (Å²) >= 11 is 0. The fourth-order valence-electron chi connectivity index (χ4n) is 2.03. The lowest BCUT2D eigenvalue weighted by molar-refractivity contribution is -0.212. The Balaban J connectivity index is 1.74. The third-order valence-corrected chi connectivity index (χ3v) is 2.73. The van der Waals surface area contributed by atoms with Gasteiger partial charge < -0.3 is 18.9 Å². The molecule has 3 rings (SSSR count). The predicted molar refractivity (Wildman–Crippen MR) is 43.3 cm³/mol. The summed E-state index contributed by atoms with van der Waals surface area (Å²) < 4.78 is 35.0. The fourth-order valence-corrected chi connectivity index (χ4v) is 2.03. The second-order valence-electron chi connectivity index (χ2n) is 4.39. The third kappa shape index (κ3) is 1.27. The zero-order valence-electron chi connectivity index (χ0n) is 8.10. The molecule has 0 amide bonds. The Morgan fingerprint density at radius 2 is 1.93 bits per heavy atom. The molecule has 0 saturated carbocycles. The highest BCUT2D eigenvalue weighted by atomic mass is 19.1. The number of halogens is 1. The molecule has 0 aromatic rings. The van der Waals surface area contributed by atoms with Gasteiger partial charge in [-0.2, -0.15) is 0 Å². The van der Waals surface area contributed by atoms with E-state index in [1.54, 1.807) is 13.8 Å². The first kappa shape index (κ1) is 9.03. The van der Waals surface area contributed by atoms with Gasteiger partial charge in [-0.25, -0.2) is 4.39 Å². The van der Waals surface area contributed by atoms with E-state index in [0.29, 0.717) is 6.61 Å². The van der Waals surface area contributed by atoms with Crippen molar-refractivity contribution in [1.82, 2.24) is 0 Å². The summed E-state index contributed by atoms with van der Waals surface area (Å²) in [6.45, 7) is 4.09. The Labute approximate surface area is 81.3 Å². The molecule has 4 nitrogen and oxygen atoms in total. The van der Waals surface area contributed by atoms with Crippen molar-refractivity contribution in [2.45, 2.75) is 50.4 Å². The Morgan fingerprint density at radius 3 is 2.50 bits per heavy atom. The van der Waals surface area contributed by atoms with Gasteiger partial charge in [0, 0.05) is 0 Å². The molecule has 0 bridgehead atoms. The summed E-state index contributed by atoms with van der Waals surface area (Å²) in [5.41, 5.74) is 0. The van der Waals surface area contributed by atoms with Crippen LogP contribution in [0.5, 0.6) is 0 Å². The third-order valence-electron chi connectivity index (χ3n) is 2.73. The zero-order chi connectivity index (χ0) is 9.92. The Hall–Kier alpha value is -0.230. The standard InChI is InChI=1S/C9H13FO4/c1-9(2)13-7-5(10)6(4-3-11-4)12-8(7)14-9/h4-8H,3H2,1-2H3/t4-,5-,6-,7+,8+/m0/s1. The van der Waals surface area contributed by atoms with E-state index in [9.17, 15) is 4.39 Å². The van der Waals surface area contributed by atoms with Gasteiger partial charge in [-0.15, -0.1) is 0 Å². The van der Waals surface area contributed by atoms with Crippen LogP contribution in [-0.4, -0.2) is 43.2 Å². The largest absolute Gasteiger partial charge is 0.370 e. The van der Waals surface area contributed by atoms with Crippen molar-refractivity contribution in [3.05, 3.63) is 0 Å². The number of ether oxygens (including phenoxy) is 4. The average molecular weight is 204 g/mol. The quantitative estimate of drug-likeness (QED) is 0.586. The highest BCUT2D eigenvalue weighted by Crippen LogP contribution is 2.41. The van der Waals surface area contributed by atoms with E-state index >= 15 is 0 Å². The minimum absolute atomic E-state index is 0.106. The highest BCUT2D eigenvalue weighted by molar-refractivity contribution is 4.99. The van der Waals surface area contributed by atoms with Crippen LogP contribution < -0.4 is 0 Å². The zero-order valence-corrected chi connectivity index (χ0v) is 8.10. The van der Waals surface area contributed by atoms with Crippen molar-refractivity contribution < 1.29 is 23.3 Å². The molecule has 0 aromatic heterocycles. The SMILES string of the molecule is CC1(C)O[C@H]2O[C@@H]([C@@H]3CO3)[C@H](F)[C@H]2O1. The van der Waals surface area contributed by atoms with E-state index in [-0.39, 0.29) is 6.10 Å². The van der Waals surface area contributed by atoms with E-state index in [0.717, 1.165) is 0 Å². The van der Waals surface area contributed by atoms with E-state index < -0.39 is 30.5 Å². The van der Waals surface area contributed by atoms with Crippen LogP contribution in [-0.2, 0) is 18.9 Å². The Morgan fingerprint density at radius 1 is 1.21 bits per heavy atom. The molecule has 0 spiro atoms. The first-order valence-electron chi connectivity index (χ1n) is 4.84. The molecule has 3 fully saturated rings. The summed E-state index contributed by atoms with van der Waals surface area (Å²) in [7, 11) is 0. The summed E-state index contributed by atoms with van der Waals surface area (Å²) in [6.07, 6.45) is -2.94. The van der Waals surface area contributed by atoms with Gasteiger partial charge in [0.05, 0.1) is 6.61 Å². The van der Waals surface area contributed by atoms with E-state index in [1.165, 1.54) is 0 Å². The van der Waals surface area contributed by atoms with Crippen LogP contribution in [0, 0.1) is 0 Å². The van der Waals surface area contributed by atoms with Gasteiger partial charge >= 0.3 is 0 Å². The lowest BCUT2D eigenvalue weighted by Crippen LogP contribution is -2.34. The topological polar surface area (TPSA) is 40.2 Å². The molecule has 0 radical (unpaired) electrons. The van der Waals surface area contributed by atoms with Crippen molar-refractivity contribution in [2.75, 3.05) is 6.61 Å². The molecular formula is C9H13FO4. The van der Waals surface area contributed by atoms with Gasteiger partial charge in [0.2, 0.25) is 0 Å². The smallest absolute Gasteiger partial charge is 0.190 e. The summed E-state index contributed by atoms with van der Waals surface area (Å²) in [5, 5.41) is 0. The fraction of sp³-hybridized carbons (Fsp3) is 1.00. The maximum Gasteiger partial charge on any atom is 0.190 e. The second kappa shape index (κ2) is 2.66. The second-order valence-corrected chi connectivity index (χ2v) is 4.39. The number of rotatable bonds is 1. The maximum absolute atomic E-state index is 13.8. The lowest BCUT2D eigenvalue weighted by Gasteiger charge is -2.21. The maximum atomic E-state index is 13.8. The molecule has 3 aliphatic rings. The molecule has 5 heteroatoms. The molecule has 3 heterocycles. The highest BCUT2D eigenvalue weighted by Gasteiger charge is 2.59. The first-order valence-corrected chi connectivity index (χ1v) is 4.84. The van der Waals surface area contributed by atoms with Crippen molar-refractivity contribution in [3.63, 3.8) is 0 Å². The van der Waals surface area contributed by atoms with E-state index in [2.05, 4.69) is 0 Å². The number of alkyl halides is 1. The average Bonchev–Trinajstić information content (AvgIpc) is 2.81. The van der Waals surface area contributed by atoms with Crippen LogP contribution in [0.3, 0.4) is 0 Å². The number of hydrogen-bond donors (Lipinski definition) is 0. The van der Waals surface area contributed by atoms with Gasteiger partial charge in [-0.05, 0) is 13.8 Å². The lowest BCUT2D eigenvalue weighted by atomic mass is 10.1. The van der Waals surface area contributed by atoms with E-state index in [4.69, 9.17) is 18.9 Å². The van der Waals surface area contributed by atoms with Gasteiger partial charge in [-0.3, -0.25) is 0 Å². The van der Waals surface area contributed by atoms with Gasteiger partial charge in [0.15, 0.2) is 18.2 Å². The monoisotopic (exact) mass is 204 g/mol. The van der Waals surface area contributed by atoms with Crippen LogP contribution in [0.2, 0.25) is 0 Å². The molecule has 14 heavy (non-hydrogen) atoms.